The molecule has 144 valence electrons. The molecule has 0 saturated carbocycles. The lowest BCUT2D eigenvalue weighted by Gasteiger charge is -2.38. The fourth-order valence-electron chi connectivity index (χ4n) is 4.05. The van der Waals surface area contributed by atoms with Crippen LogP contribution in [0.4, 0.5) is 0 Å². The van der Waals surface area contributed by atoms with E-state index in [4.69, 9.17) is 9.47 Å². The van der Waals surface area contributed by atoms with Crippen LogP contribution in [0, 0.1) is 6.92 Å². The summed E-state index contributed by atoms with van der Waals surface area (Å²) in [7, 11) is 1.86. The van der Waals surface area contributed by atoms with E-state index in [1.165, 1.54) is 11.1 Å². The average molecular weight is 360 g/mol. The van der Waals surface area contributed by atoms with Crippen molar-refractivity contribution in [3.8, 4) is 0 Å². The van der Waals surface area contributed by atoms with Crippen molar-refractivity contribution in [2.75, 3.05) is 39.9 Å². The lowest BCUT2D eigenvalue weighted by atomic mass is 9.82. The Hall–Kier alpha value is -1.59. The Bertz CT molecular complexity index is 623. The second kappa shape index (κ2) is 8.40. The second-order valence-corrected chi connectivity index (χ2v) is 8.01. The number of benzene rings is 1. The molecule has 0 amide bonds. The molecular weight excluding hydrogens is 326 g/mol. The normalized spacial score (nSPS) is 24.8. The van der Waals surface area contributed by atoms with E-state index in [0.717, 1.165) is 51.6 Å². The Labute approximate surface area is 157 Å². The Balaban J connectivity index is 1.61. The van der Waals surface area contributed by atoms with Crippen molar-refractivity contribution in [2.45, 2.75) is 51.2 Å². The van der Waals surface area contributed by atoms with Gasteiger partial charge in [-0.05, 0) is 30.9 Å². The highest BCUT2D eigenvalue weighted by atomic mass is 16.5. The molecule has 2 aliphatic heterocycles. The van der Waals surface area contributed by atoms with Crippen LogP contribution in [0.2, 0.25) is 0 Å². The first-order valence-electron chi connectivity index (χ1n) is 9.76. The van der Waals surface area contributed by atoms with E-state index in [1.54, 1.807) is 0 Å². The van der Waals surface area contributed by atoms with Crippen molar-refractivity contribution in [3.63, 3.8) is 0 Å². The molecule has 0 aromatic heterocycles. The van der Waals surface area contributed by atoms with Crippen molar-refractivity contribution in [2.24, 2.45) is 4.99 Å². The van der Waals surface area contributed by atoms with Gasteiger partial charge in [0.15, 0.2) is 5.96 Å². The molecule has 3 rings (SSSR count). The number of aliphatic imine (C=N–C) groups is 1. The monoisotopic (exact) mass is 359 g/mol. The highest BCUT2D eigenvalue weighted by Crippen LogP contribution is 2.26. The third-order valence-corrected chi connectivity index (χ3v) is 5.55. The van der Waals surface area contributed by atoms with Crippen LogP contribution >= 0.6 is 0 Å². The minimum atomic E-state index is 0.0293. The smallest absolute Gasteiger partial charge is 0.193 e. The van der Waals surface area contributed by atoms with E-state index < -0.39 is 0 Å². The molecule has 2 fully saturated rings. The van der Waals surface area contributed by atoms with Crippen LogP contribution in [0.1, 0.15) is 37.8 Å². The van der Waals surface area contributed by atoms with Crippen LogP contribution in [-0.2, 0) is 14.9 Å². The summed E-state index contributed by atoms with van der Waals surface area (Å²) < 4.78 is 11.8. The molecule has 1 aromatic carbocycles. The van der Waals surface area contributed by atoms with Crippen LogP contribution in [0.15, 0.2) is 29.3 Å². The first-order valence-corrected chi connectivity index (χ1v) is 9.76. The van der Waals surface area contributed by atoms with E-state index >= 15 is 0 Å². The summed E-state index contributed by atoms with van der Waals surface area (Å²) in [5.41, 5.74) is 2.74. The minimum Gasteiger partial charge on any atom is -0.375 e. The van der Waals surface area contributed by atoms with E-state index in [9.17, 15) is 0 Å². The summed E-state index contributed by atoms with van der Waals surface area (Å²) in [6, 6.07) is 8.62. The fourth-order valence-corrected chi connectivity index (χ4v) is 4.05. The quantitative estimate of drug-likeness (QED) is 0.663. The number of hydrogen-bond acceptors (Lipinski definition) is 3. The number of nitrogens with one attached hydrogen (secondary N) is 1. The maximum absolute atomic E-state index is 5.97. The zero-order valence-electron chi connectivity index (χ0n) is 16.6. The van der Waals surface area contributed by atoms with Crippen molar-refractivity contribution >= 4 is 5.96 Å². The molecule has 2 unspecified atom stereocenters. The Morgan fingerprint density at radius 3 is 2.69 bits per heavy atom. The van der Waals surface area contributed by atoms with Gasteiger partial charge in [0.1, 0.15) is 6.10 Å². The number of rotatable bonds is 4. The minimum absolute atomic E-state index is 0.0293. The molecule has 0 radical (unpaired) electrons. The lowest BCUT2D eigenvalue weighted by molar-refractivity contribution is -0.0817. The molecule has 1 N–H and O–H groups in total. The summed E-state index contributed by atoms with van der Waals surface area (Å²) in [5, 5.41) is 3.60. The molecule has 5 heteroatoms. The number of guanidine groups is 1. The first-order chi connectivity index (χ1) is 12.5. The fraction of sp³-hybridized carbons (Fsp3) is 0.667. The molecule has 0 spiro atoms. The Morgan fingerprint density at radius 1 is 1.23 bits per heavy atom. The maximum Gasteiger partial charge on any atom is 0.193 e. The zero-order valence-corrected chi connectivity index (χ0v) is 16.6. The van der Waals surface area contributed by atoms with Crippen LogP contribution in [0.3, 0.4) is 0 Å². The van der Waals surface area contributed by atoms with Gasteiger partial charge in [0.2, 0.25) is 0 Å². The van der Waals surface area contributed by atoms with E-state index in [-0.39, 0.29) is 17.6 Å². The van der Waals surface area contributed by atoms with Gasteiger partial charge in [-0.3, -0.25) is 4.99 Å². The predicted octanol–water partition coefficient (Wildman–Crippen LogP) is 2.73. The highest BCUT2D eigenvalue weighted by Gasteiger charge is 2.32. The number of nitrogens with zero attached hydrogens (tertiary/aromatic N) is 2. The Kier molecular flexibility index (Phi) is 6.20. The Morgan fingerprint density at radius 2 is 2.00 bits per heavy atom. The number of hydrogen-bond donors (Lipinski definition) is 1. The SMILES string of the molecule is CN=C(NCC(C)(C)c1ccccc1C)N1CCOC(C2CCCO2)C1. The first kappa shape index (κ1) is 19.2. The average Bonchev–Trinajstić information content (AvgIpc) is 3.17. The number of morpholine rings is 1. The van der Waals surface area contributed by atoms with Gasteiger partial charge in [-0.1, -0.05) is 38.1 Å². The van der Waals surface area contributed by atoms with Crippen molar-refractivity contribution in [3.05, 3.63) is 35.4 Å². The van der Waals surface area contributed by atoms with Crippen LogP contribution in [-0.4, -0.2) is 63.0 Å². The van der Waals surface area contributed by atoms with Gasteiger partial charge in [-0.25, -0.2) is 0 Å². The van der Waals surface area contributed by atoms with E-state index in [0.29, 0.717) is 0 Å². The molecular formula is C21H33N3O2. The molecule has 0 aliphatic carbocycles. The predicted molar refractivity (Wildman–Crippen MR) is 106 cm³/mol. The highest BCUT2D eigenvalue weighted by molar-refractivity contribution is 5.80. The molecule has 2 saturated heterocycles. The maximum atomic E-state index is 5.97. The molecule has 0 bridgehead atoms. The van der Waals surface area contributed by atoms with Gasteiger partial charge in [0.05, 0.1) is 12.7 Å². The summed E-state index contributed by atoms with van der Waals surface area (Å²) in [6.07, 6.45) is 2.63. The lowest BCUT2D eigenvalue weighted by Crippen LogP contribution is -2.54. The van der Waals surface area contributed by atoms with Gasteiger partial charge < -0.3 is 19.7 Å². The zero-order chi connectivity index (χ0) is 18.6. The molecule has 2 aliphatic rings. The van der Waals surface area contributed by atoms with Crippen molar-refractivity contribution < 1.29 is 9.47 Å². The summed E-state index contributed by atoms with van der Waals surface area (Å²) >= 11 is 0. The van der Waals surface area contributed by atoms with Gasteiger partial charge in [0.25, 0.3) is 0 Å². The van der Waals surface area contributed by atoms with Gasteiger partial charge in [0, 0.05) is 38.7 Å². The molecule has 26 heavy (non-hydrogen) atoms. The van der Waals surface area contributed by atoms with Crippen molar-refractivity contribution in [1.82, 2.24) is 10.2 Å². The third kappa shape index (κ3) is 4.38. The summed E-state index contributed by atoms with van der Waals surface area (Å²) in [4.78, 5) is 6.84. The standard InChI is InChI=1S/C21H33N3O2/c1-16-8-5-6-9-17(16)21(2,3)15-23-20(22-4)24-11-13-26-19(14-24)18-10-7-12-25-18/h5-6,8-9,18-19H,7,10-15H2,1-4H3,(H,22,23). The molecule has 2 heterocycles. The molecule has 5 nitrogen and oxygen atoms in total. The van der Waals surface area contributed by atoms with Crippen LogP contribution in [0.25, 0.3) is 0 Å². The number of aryl methyl sites for hydroxylation is 1. The third-order valence-electron chi connectivity index (χ3n) is 5.55. The van der Waals surface area contributed by atoms with Crippen LogP contribution < -0.4 is 5.32 Å². The largest absolute Gasteiger partial charge is 0.375 e. The number of ether oxygens (including phenoxy) is 2. The van der Waals surface area contributed by atoms with Gasteiger partial charge >= 0.3 is 0 Å². The summed E-state index contributed by atoms with van der Waals surface area (Å²) in [5.74, 6) is 0.956. The summed E-state index contributed by atoms with van der Waals surface area (Å²) in [6.45, 7) is 10.9. The topological polar surface area (TPSA) is 46.1 Å². The van der Waals surface area contributed by atoms with E-state index in [1.807, 2.05) is 7.05 Å². The van der Waals surface area contributed by atoms with Gasteiger partial charge in [-0.15, -0.1) is 0 Å². The van der Waals surface area contributed by atoms with Crippen LogP contribution in [0.5, 0.6) is 0 Å². The molecule has 1 aromatic rings. The van der Waals surface area contributed by atoms with E-state index in [2.05, 4.69) is 60.2 Å². The van der Waals surface area contributed by atoms with Crippen molar-refractivity contribution in [1.29, 1.82) is 0 Å². The molecule has 2 atom stereocenters. The second-order valence-electron chi connectivity index (χ2n) is 8.01. The van der Waals surface area contributed by atoms with Gasteiger partial charge in [-0.2, -0.15) is 0 Å².